The van der Waals surface area contributed by atoms with Crippen molar-refractivity contribution in [2.24, 2.45) is 4.99 Å². The van der Waals surface area contributed by atoms with E-state index in [1.165, 1.54) is 62.4 Å². The topological polar surface area (TPSA) is 27.6 Å². The van der Waals surface area contributed by atoms with E-state index in [9.17, 15) is 0 Å². The summed E-state index contributed by atoms with van der Waals surface area (Å²) in [6.45, 7) is 2.38. The Morgan fingerprint density at radius 3 is 2.89 bits per heavy atom. The van der Waals surface area contributed by atoms with Gasteiger partial charge in [0, 0.05) is 17.8 Å². The largest absolute Gasteiger partial charge is 0.359 e. The fourth-order valence-electron chi connectivity index (χ4n) is 3.48. The molecule has 1 aliphatic carbocycles. The predicted octanol–water partition coefficient (Wildman–Crippen LogP) is 2.48. The van der Waals surface area contributed by atoms with E-state index >= 15 is 0 Å². The number of nitrogens with zero attached hydrogens (tertiary/aromatic N) is 2. The van der Waals surface area contributed by atoms with Crippen molar-refractivity contribution in [1.29, 1.82) is 0 Å². The Morgan fingerprint density at radius 1 is 1.28 bits per heavy atom. The summed E-state index contributed by atoms with van der Waals surface area (Å²) in [5, 5.41) is 5.00. The summed E-state index contributed by atoms with van der Waals surface area (Å²) in [4.78, 5) is 7.37. The quantitative estimate of drug-likeness (QED) is 0.791. The lowest BCUT2D eigenvalue weighted by molar-refractivity contribution is 0.252. The second kappa shape index (κ2) is 5.41. The highest BCUT2D eigenvalue weighted by molar-refractivity contribution is 8.14. The molecule has 2 aliphatic heterocycles. The van der Waals surface area contributed by atoms with Crippen molar-refractivity contribution in [3.05, 3.63) is 0 Å². The van der Waals surface area contributed by atoms with Crippen LogP contribution in [0.3, 0.4) is 0 Å². The first-order valence-corrected chi connectivity index (χ1v) is 8.42. The second-order valence-electron chi connectivity index (χ2n) is 6.25. The van der Waals surface area contributed by atoms with Crippen LogP contribution in [0.15, 0.2) is 4.99 Å². The maximum atomic E-state index is 4.96. The van der Waals surface area contributed by atoms with Crippen molar-refractivity contribution < 1.29 is 0 Å². The lowest BCUT2D eigenvalue weighted by Gasteiger charge is -2.33. The molecule has 0 amide bonds. The fraction of sp³-hybridized carbons (Fsp3) is 0.929. The molecule has 3 fully saturated rings. The van der Waals surface area contributed by atoms with Crippen LogP contribution >= 0.6 is 11.8 Å². The van der Waals surface area contributed by atoms with Crippen LogP contribution in [0.2, 0.25) is 0 Å². The van der Waals surface area contributed by atoms with E-state index in [0.29, 0.717) is 11.6 Å². The Hall–Kier alpha value is -0.220. The van der Waals surface area contributed by atoms with E-state index in [-0.39, 0.29) is 0 Å². The normalized spacial score (nSPS) is 34.9. The van der Waals surface area contributed by atoms with Crippen molar-refractivity contribution in [3.8, 4) is 0 Å². The van der Waals surface area contributed by atoms with Gasteiger partial charge in [0.2, 0.25) is 0 Å². The van der Waals surface area contributed by atoms with Gasteiger partial charge in [-0.25, -0.2) is 0 Å². The number of hydrogen-bond acceptors (Lipinski definition) is 3. The molecular weight excluding hydrogens is 242 g/mol. The van der Waals surface area contributed by atoms with Gasteiger partial charge in [-0.15, -0.1) is 0 Å². The Kier molecular flexibility index (Phi) is 3.85. The average molecular weight is 267 g/mol. The van der Waals surface area contributed by atoms with Crippen molar-refractivity contribution in [1.82, 2.24) is 10.2 Å². The van der Waals surface area contributed by atoms with Crippen molar-refractivity contribution >= 4 is 16.9 Å². The molecule has 3 aliphatic rings. The number of hydrogen-bond donors (Lipinski definition) is 1. The molecule has 3 rings (SSSR count). The third-order valence-electron chi connectivity index (χ3n) is 4.57. The smallest absolute Gasteiger partial charge is 0.157 e. The number of thioether (sulfide) groups is 1. The van der Waals surface area contributed by atoms with Crippen LogP contribution < -0.4 is 5.32 Å². The fourth-order valence-corrected chi connectivity index (χ4v) is 4.77. The van der Waals surface area contributed by atoms with E-state index in [1.54, 1.807) is 0 Å². The third kappa shape index (κ3) is 2.85. The SMILES string of the molecule is CN1CCCC(N=C2NC3(CCCCC3)CS2)C1. The van der Waals surface area contributed by atoms with Gasteiger partial charge in [0.25, 0.3) is 0 Å². The monoisotopic (exact) mass is 267 g/mol. The van der Waals surface area contributed by atoms with Crippen LogP contribution in [0, 0.1) is 0 Å². The minimum Gasteiger partial charge on any atom is -0.359 e. The van der Waals surface area contributed by atoms with Gasteiger partial charge in [0.05, 0.1) is 6.04 Å². The van der Waals surface area contributed by atoms with Gasteiger partial charge in [-0.1, -0.05) is 31.0 Å². The Labute approximate surface area is 115 Å². The van der Waals surface area contributed by atoms with E-state index in [1.807, 2.05) is 11.8 Å². The summed E-state index contributed by atoms with van der Waals surface area (Å²) in [5.74, 6) is 1.24. The molecule has 4 heteroatoms. The second-order valence-corrected chi connectivity index (χ2v) is 7.21. The summed E-state index contributed by atoms with van der Waals surface area (Å²) in [5.41, 5.74) is 0.405. The molecule has 1 saturated carbocycles. The first-order chi connectivity index (χ1) is 8.76. The Bertz CT molecular complexity index is 323. The molecule has 1 N–H and O–H groups in total. The number of likely N-dealkylation sites (tertiary alicyclic amines) is 1. The molecular formula is C14H25N3S. The number of rotatable bonds is 1. The molecule has 0 radical (unpaired) electrons. The molecule has 2 heterocycles. The molecule has 0 aromatic carbocycles. The summed E-state index contributed by atoms with van der Waals surface area (Å²) < 4.78 is 0. The zero-order valence-corrected chi connectivity index (χ0v) is 12.3. The average Bonchev–Trinajstić information content (AvgIpc) is 2.73. The van der Waals surface area contributed by atoms with Crippen LogP contribution in [-0.2, 0) is 0 Å². The van der Waals surface area contributed by atoms with Gasteiger partial charge in [0.15, 0.2) is 5.17 Å². The predicted molar refractivity (Wildman–Crippen MR) is 79.4 cm³/mol. The third-order valence-corrected chi connectivity index (χ3v) is 5.75. The zero-order valence-electron chi connectivity index (χ0n) is 11.5. The molecule has 0 bridgehead atoms. The highest BCUT2D eigenvalue weighted by Gasteiger charge is 2.38. The van der Waals surface area contributed by atoms with E-state index < -0.39 is 0 Å². The van der Waals surface area contributed by atoms with Gasteiger partial charge in [-0.3, -0.25) is 4.99 Å². The highest BCUT2D eigenvalue weighted by atomic mass is 32.2. The lowest BCUT2D eigenvalue weighted by atomic mass is 9.83. The number of likely N-dealkylation sites (N-methyl/N-ethyl adjacent to an activating group) is 1. The van der Waals surface area contributed by atoms with Gasteiger partial charge in [-0.2, -0.15) is 0 Å². The highest BCUT2D eigenvalue weighted by Crippen LogP contribution is 2.36. The van der Waals surface area contributed by atoms with Crippen LogP contribution in [-0.4, -0.2) is 47.5 Å². The number of amidine groups is 1. The molecule has 3 nitrogen and oxygen atoms in total. The van der Waals surface area contributed by atoms with Crippen LogP contribution in [0.25, 0.3) is 0 Å². The molecule has 1 spiro atoms. The summed E-state index contributed by atoms with van der Waals surface area (Å²) >= 11 is 1.96. The van der Waals surface area contributed by atoms with Gasteiger partial charge >= 0.3 is 0 Å². The maximum absolute atomic E-state index is 4.96. The Balaban J connectivity index is 1.60. The van der Waals surface area contributed by atoms with E-state index in [4.69, 9.17) is 4.99 Å². The van der Waals surface area contributed by atoms with E-state index in [2.05, 4.69) is 17.3 Å². The van der Waals surface area contributed by atoms with Crippen LogP contribution in [0.5, 0.6) is 0 Å². The zero-order chi connectivity index (χ0) is 12.4. The van der Waals surface area contributed by atoms with Gasteiger partial charge in [0.1, 0.15) is 0 Å². The molecule has 0 aromatic heterocycles. The number of piperidine rings is 1. The molecule has 1 unspecified atom stereocenters. The molecule has 1 atom stereocenters. The summed E-state index contributed by atoms with van der Waals surface area (Å²) in [6, 6.07) is 0.525. The number of aliphatic imine (C=N–C) groups is 1. The van der Waals surface area contributed by atoms with Crippen LogP contribution in [0.1, 0.15) is 44.9 Å². The maximum Gasteiger partial charge on any atom is 0.157 e. The van der Waals surface area contributed by atoms with Gasteiger partial charge in [-0.05, 0) is 39.3 Å². The van der Waals surface area contributed by atoms with Crippen molar-refractivity contribution in [2.75, 3.05) is 25.9 Å². The first-order valence-electron chi connectivity index (χ1n) is 7.43. The minimum atomic E-state index is 0.405. The molecule has 2 saturated heterocycles. The molecule has 0 aromatic rings. The van der Waals surface area contributed by atoms with Gasteiger partial charge < -0.3 is 10.2 Å². The number of nitrogens with one attached hydrogen (secondary N) is 1. The Morgan fingerprint density at radius 2 is 2.11 bits per heavy atom. The summed E-state index contributed by atoms with van der Waals surface area (Å²) in [7, 11) is 2.21. The van der Waals surface area contributed by atoms with Crippen molar-refractivity contribution in [2.45, 2.75) is 56.5 Å². The summed E-state index contributed by atoms with van der Waals surface area (Å²) in [6.07, 6.45) is 9.48. The minimum absolute atomic E-state index is 0.405. The standard InChI is InChI=1S/C14H25N3S/c1-17-9-5-6-12(10-17)15-13-16-14(11-18-13)7-3-2-4-8-14/h12H,2-11H2,1H3,(H,15,16). The van der Waals surface area contributed by atoms with Crippen molar-refractivity contribution in [3.63, 3.8) is 0 Å². The molecule has 102 valence electrons. The first kappa shape index (κ1) is 12.8. The molecule has 18 heavy (non-hydrogen) atoms. The van der Waals surface area contributed by atoms with Crippen LogP contribution in [0.4, 0.5) is 0 Å². The van der Waals surface area contributed by atoms with E-state index in [0.717, 1.165) is 6.54 Å². The lowest BCUT2D eigenvalue weighted by Crippen LogP contribution is -2.45.